The molecule has 0 radical (unpaired) electrons. The van der Waals surface area contributed by atoms with Crippen LogP contribution < -0.4 is 5.56 Å². The highest BCUT2D eigenvalue weighted by Gasteiger charge is 2.28. The van der Waals surface area contributed by atoms with Crippen molar-refractivity contribution in [3.05, 3.63) is 28.0 Å². The van der Waals surface area contributed by atoms with Crippen LogP contribution in [-0.4, -0.2) is 45.2 Å². The fraction of sp³-hybridized carbons (Fsp3) is 0.500. The first-order chi connectivity index (χ1) is 8.47. The summed E-state index contributed by atoms with van der Waals surface area (Å²) in [6.45, 7) is 2.74. The van der Waals surface area contributed by atoms with Crippen molar-refractivity contribution < 1.29 is 15.0 Å². The van der Waals surface area contributed by atoms with Crippen LogP contribution in [0.2, 0.25) is 0 Å². The molecule has 1 aliphatic rings. The average molecular weight is 252 g/mol. The van der Waals surface area contributed by atoms with Crippen molar-refractivity contribution in [3.63, 3.8) is 0 Å². The minimum Gasteiger partial charge on any atom is -0.494 e. The molecule has 98 valence electrons. The van der Waals surface area contributed by atoms with E-state index in [1.807, 2.05) is 6.92 Å². The van der Waals surface area contributed by atoms with Crippen molar-refractivity contribution in [2.45, 2.75) is 19.4 Å². The molecule has 1 fully saturated rings. The normalized spacial score (nSPS) is 24.0. The van der Waals surface area contributed by atoms with Gasteiger partial charge in [0.2, 0.25) is 0 Å². The molecule has 1 saturated heterocycles. The van der Waals surface area contributed by atoms with E-state index in [0.29, 0.717) is 6.54 Å². The van der Waals surface area contributed by atoms with Crippen LogP contribution in [0, 0.1) is 5.92 Å². The zero-order valence-corrected chi connectivity index (χ0v) is 10.1. The average Bonchev–Trinajstić information content (AvgIpc) is 2.30. The van der Waals surface area contributed by atoms with E-state index in [2.05, 4.69) is 4.98 Å². The number of H-pyrrole nitrogens is 1. The van der Waals surface area contributed by atoms with Gasteiger partial charge in [0.1, 0.15) is 0 Å². The third kappa shape index (κ3) is 2.53. The van der Waals surface area contributed by atoms with Gasteiger partial charge in [-0.15, -0.1) is 0 Å². The molecule has 2 atom stereocenters. The summed E-state index contributed by atoms with van der Waals surface area (Å²) in [6.07, 6.45) is 0.181. The third-order valence-electron chi connectivity index (χ3n) is 3.28. The first-order valence-corrected chi connectivity index (χ1v) is 5.88. The van der Waals surface area contributed by atoms with E-state index in [1.54, 1.807) is 0 Å². The van der Waals surface area contributed by atoms with Gasteiger partial charge in [-0.1, -0.05) is 6.92 Å². The number of pyridine rings is 1. The Hall–Kier alpha value is -1.82. The SMILES string of the molecule is CC1CCN(C(=O)c2cc(O)[nH]c(=O)c2)CC1O. The Balaban J connectivity index is 2.19. The molecule has 2 rings (SSSR count). The van der Waals surface area contributed by atoms with E-state index in [9.17, 15) is 19.8 Å². The first-order valence-electron chi connectivity index (χ1n) is 5.88. The molecule has 0 aliphatic carbocycles. The number of nitrogens with one attached hydrogen (secondary N) is 1. The molecular weight excluding hydrogens is 236 g/mol. The van der Waals surface area contributed by atoms with Gasteiger partial charge in [0.15, 0.2) is 5.88 Å². The molecule has 18 heavy (non-hydrogen) atoms. The van der Waals surface area contributed by atoms with Gasteiger partial charge < -0.3 is 15.1 Å². The van der Waals surface area contributed by atoms with Crippen LogP contribution in [0.15, 0.2) is 16.9 Å². The molecule has 2 heterocycles. The van der Waals surface area contributed by atoms with Gasteiger partial charge in [-0.2, -0.15) is 0 Å². The van der Waals surface area contributed by atoms with Crippen LogP contribution in [0.5, 0.6) is 5.88 Å². The van der Waals surface area contributed by atoms with Gasteiger partial charge >= 0.3 is 0 Å². The largest absolute Gasteiger partial charge is 0.494 e. The quantitative estimate of drug-likeness (QED) is 0.652. The Morgan fingerprint density at radius 1 is 1.50 bits per heavy atom. The molecule has 3 N–H and O–H groups in total. The zero-order valence-electron chi connectivity index (χ0n) is 10.1. The van der Waals surface area contributed by atoms with Crippen molar-refractivity contribution >= 4 is 5.91 Å². The lowest BCUT2D eigenvalue weighted by Crippen LogP contribution is -2.46. The summed E-state index contributed by atoms with van der Waals surface area (Å²) in [5, 5.41) is 19.0. The number of piperidine rings is 1. The van der Waals surface area contributed by atoms with Crippen LogP contribution in [0.4, 0.5) is 0 Å². The van der Waals surface area contributed by atoms with Gasteiger partial charge in [-0.3, -0.25) is 14.6 Å². The summed E-state index contributed by atoms with van der Waals surface area (Å²) in [7, 11) is 0. The van der Waals surface area contributed by atoms with Crippen LogP contribution in [-0.2, 0) is 0 Å². The van der Waals surface area contributed by atoms with E-state index < -0.39 is 11.7 Å². The molecular formula is C12H16N2O4. The number of aromatic nitrogens is 1. The highest BCUT2D eigenvalue weighted by Crippen LogP contribution is 2.19. The standard InChI is InChI=1S/C12H16N2O4/c1-7-2-3-14(6-9(7)15)12(18)8-4-10(16)13-11(17)5-8/h4-5,7,9,15H,2-3,6H2,1H3,(H2,13,16,17). The van der Waals surface area contributed by atoms with Gasteiger partial charge in [-0.05, 0) is 12.3 Å². The Kier molecular flexibility index (Phi) is 3.38. The molecule has 1 aromatic rings. The monoisotopic (exact) mass is 252 g/mol. The maximum Gasteiger partial charge on any atom is 0.254 e. The summed E-state index contributed by atoms with van der Waals surface area (Å²) in [6, 6.07) is 2.36. The van der Waals surface area contributed by atoms with E-state index >= 15 is 0 Å². The van der Waals surface area contributed by atoms with Gasteiger partial charge in [-0.25, -0.2) is 0 Å². The van der Waals surface area contributed by atoms with E-state index in [0.717, 1.165) is 12.5 Å². The lowest BCUT2D eigenvalue weighted by Gasteiger charge is -2.34. The van der Waals surface area contributed by atoms with E-state index in [4.69, 9.17) is 0 Å². The zero-order chi connectivity index (χ0) is 13.3. The van der Waals surface area contributed by atoms with Crippen LogP contribution in [0.1, 0.15) is 23.7 Å². The predicted molar refractivity (Wildman–Crippen MR) is 64.4 cm³/mol. The Labute approximate surface area is 104 Å². The highest BCUT2D eigenvalue weighted by molar-refractivity contribution is 5.94. The first kappa shape index (κ1) is 12.6. The van der Waals surface area contributed by atoms with Crippen molar-refractivity contribution in [1.82, 2.24) is 9.88 Å². The molecule has 1 aliphatic heterocycles. The molecule has 0 aromatic carbocycles. The van der Waals surface area contributed by atoms with E-state index in [1.165, 1.54) is 11.0 Å². The summed E-state index contributed by atoms with van der Waals surface area (Å²) < 4.78 is 0. The molecule has 1 aromatic heterocycles. The summed E-state index contributed by atoms with van der Waals surface area (Å²) in [5.74, 6) is -0.513. The fourth-order valence-corrected chi connectivity index (χ4v) is 2.07. The predicted octanol–water partition coefficient (Wildman–Crippen LogP) is -0.0766. The number of hydrogen-bond donors (Lipinski definition) is 3. The van der Waals surface area contributed by atoms with Crippen molar-refractivity contribution in [3.8, 4) is 5.88 Å². The number of aliphatic hydroxyl groups is 1. The molecule has 0 spiro atoms. The smallest absolute Gasteiger partial charge is 0.254 e. The number of nitrogens with zero attached hydrogens (tertiary/aromatic N) is 1. The summed E-state index contributed by atoms with van der Waals surface area (Å²) in [4.78, 5) is 26.9. The number of aromatic amines is 1. The molecule has 0 saturated carbocycles. The number of rotatable bonds is 1. The molecule has 0 bridgehead atoms. The molecule has 1 amide bonds. The van der Waals surface area contributed by atoms with Crippen LogP contribution in [0.3, 0.4) is 0 Å². The van der Waals surface area contributed by atoms with Crippen molar-refractivity contribution in [2.75, 3.05) is 13.1 Å². The fourth-order valence-electron chi connectivity index (χ4n) is 2.07. The lowest BCUT2D eigenvalue weighted by molar-refractivity contribution is 0.0248. The molecule has 6 nitrogen and oxygen atoms in total. The Bertz CT molecular complexity index is 511. The van der Waals surface area contributed by atoms with Gasteiger partial charge in [0, 0.05) is 25.2 Å². The second kappa shape index (κ2) is 4.81. The molecule has 6 heteroatoms. The Morgan fingerprint density at radius 3 is 2.83 bits per heavy atom. The number of carbonyl (C=O) groups is 1. The highest BCUT2D eigenvalue weighted by atomic mass is 16.3. The minimum absolute atomic E-state index is 0.137. The second-order valence-electron chi connectivity index (χ2n) is 4.70. The van der Waals surface area contributed by atoms with Crippen molar-refractivity contribution in [2.24, 2.45) is 5.92 Å². The number of β-amino-alcohol motifs (C(OH)–C–C–N with tert-alkyl or cyclic N) is 1. The maximum atomic E-state index is 12.1. The number of likely N-dealkylation sites (tertiary alicyclic amines) is 1. The third-order valence-corrected chi connectivity index (χ3v) is 3.28. The number of aromatic hydroxyl groups is 1. The maximum absolute atomic E-state index is 12.1. The lowest BCUT2D eigenvalue weighted by atomic mass is 9.95. The topological polar surface area (TPSA) is 93.6 Å². The van der Waals surface area contributed by atoms with Crippen LogP contribution in [0.25, 0.3) is 0 Å². The molecule has 2 unspecified atom stereocenters. The number of hydrogen-bond acceptors (Lipinski definition) is 4. The van der Waals surface area contributed by atoms with E-state index in [-0.39, 0.29) is 29.8 Å². The summed E-state index contributed by atoms with van der Waals surface area (Å²) in [5.41, 5.74) is -0.387. The summed E-state index contributed by atoms with van der Waals surface area (Å²) >= 11 is 0. The minimum atomic E-state index is -0.543. The van der Waals surface area contributed by atoms with Gasteiger partial charge in [0.25, 0.3) is 11.5 Å². The van der Waals surface area contributed by atoms with Crippen LogP contribution >= 0.6 is 0 Å². The number of carbonyl (C=O) groups excluding carboxylic acids is 1. The second-order valence-corrected chi connectivity index (χ2v) is 4.70. The Morgan fingerprint density at radius 2 is 2.22 bits per heavy atom. The van der Waals surface area contributed by atoms with Crippen molar-refractivity contribution in [1.29, 1.82) is 0 Å². The van der Waals surface area contributed by atoms with Gasteiger partial charge in [0.05, 0.1) is 11.7 Å². The number of aliphatic hydroxyl groups excluding tert-OH is 1. The number of amides is 1.